The van der Waals surface area contributed by atoms with Gasteiger partial charge in [0, 0.05) is 29.4 Å². The van der Waals surface area contributed by atoms with E-state index in [4.69, 9.17) is 5.73 Å². The molecule has 0 fully saturated rings. The van der Waals surface area contributed by atoms with Crippen LogP contribution in [-0.4, -0.2) is 18.8 Å². The molecule has 2 nitrogen and oxygen atoms in total. The molecular weight excluding hydrogens is 240 g/mol. The summed E-state index contributed by atoms with van der Waals surface area (Å²) in [6, 6.07) is 6.31. The topological polar surface area (TPSA) is 29.3 Å². The van der Waals surface area contributed by atoms with Crippen LogP contribution < -0.4 is 10.6 Å². The van der Waals surface area contributed by atoms with Gasteiger partial charge in [0.1, 0.15) is 0 Å². The number of nitrogens with two attached hydrogens (primary N) is 1. The second-order valence-electron chi connectivity index (χ2n) is 4.98. The number of unbranched alkanes of at least 4 members (excludes halogenated alkanes) is 4. The summed E-state index contributed by atoms with van der Waals surface area (Å²) in [5, 5.41) is 0. The average Bonchev–Trinajstić information content (AvgIpc) is 2.39. The largest absolute Gasteiger partial charge is 0.399 e. The summed E-state index contributed by atoms with van der Waals surface area (Å²) >= 11 is 1.95. The summed E-state index contributed by atoms with van der Waals surface area (Å²) < 4.78 is 0. The monoisotopic (exact) mass is 264 g/mol. The Bertz CT molecular complexity index is 379. The molecule has 2 rings (SSSR count). The Kier molecular flexibility index (Phi) is 5.24. The van der Waals surface area contributed by atoms with Gasteiger partial charge < -0.3 is 10.6 Å². The molecule has 0 unspecified atom stereocenters. The SMILES string of the molecule is CCCCCCCN1CCSc2ccc(N)cc21. The van der Waals surface area contributed by atoms with E-state index in [1.807, 2.05) is 17.8 Å². The van der Waals surface area contributed by atoms with E-state index in [-0.39, 0.29) is 0 Å². The smallest absolute Gasteiger partial charge is 0.0525 e. The Hall–Kier alpha value is -0.830. The van der Waals surface area contributed by atoms with Crippen LogP contribution in [-0.2, 0) is 0 Å². The van der Waals surface area contributed by atoms with Crippen molar-refractivity contribution in [2.45, 2.75) is 43.9 Å². The molecule has 1 aromatic carbocycles. The fourth-order valence-electron chi connectivity index (χ4n) is 2.43. The lowest BCUT2D eigenvalue weighted by molar-refractivity contribution is 0.620. The molecule has 1 aliphatic rings. The minimum atomic E-state index is 0.882. The minimum Gasteiger partial charge on any atom is -0.399 e. The number of thioether (sulfide) groups is 1. The van der Waals surface area contributed by atoms with Crippen molar-refractivity contribution in [3.05, 3.63) is 18.2 Å². The summed E-state index contributed by atoms with van der Waals surface area (Å²) in [5.74, 6) is 1.20. The van der Waals surface area contributed by atoms with Crippen molar-refractivity contribution in [2.75, 3.05) is 29.5 Å². The van der Waals surface area contributed by atoms with Gasteiger partial charge in [-0.05, 0) is 24.6 Å². The maximum atomic E-state index is 5.90. The van der Waals surface area contributed by atoms with Gasteiger partial charge in [0.15, 0.2) is 0 Å². The number of fused-ring (bicyclic) bond motifs is 1. The summed E-state index contributed by atoms with van der Waals surface area (Å²) in [5.41, 5.74) is 8.13. The second kappa shape index (κ2) is 6.93. The van der Waals surface area contributed by atoms with Crippen LogP contribution in [0.15, 0.2) is 23.1 Å². The zero-order valence-corrected chi connectivity index (χ0v) is 12.1. The fourth-order valence-corrected chi connectivity index (χ4v) is 3.46. The molecule has 0 saturated heterocycles. The Labute approximate surface area is 115 Å². The van der Waals surface area contributed by atoms with E-state index in [1.165, 1.54) is 55.0 Å². The molecular formula is C15H24N2S. The van der Waals surface area contributed by atoms with Crippen molar-refractivity contribution in [2.24, 2.45) is 0 Å². The highest BCUT2D eigenvalue weighted by Crippen LogP contribution is 2.36. The van der Waals surface area contributed by atoms with Gasteiger partial charge in [-0.1, -0.05) is 32.6 Å². The van der Waals surface area contributed by atoms with E-state index in [0.29, 0.717) is 0 Å². The molecule has 0 amide bonds. The third-order valence-corrected chi connectivity index (χ3v) is 4.52. The molecule has 3 heteroatoms. The van der Waals surface area contributed by atoms with Gasteiger partial charge >= 0.3 is 0 Å². The van der Waals surface area contributed by atoms with E-state index in [1.54, 1.807) is 0 Å². The number of hydrogen-bond donors (Lipinski definition) is 1. The van der Waals surface area contributed by atoms with Crippen LogP contribution in [0.3, 0.4) is 0 Å². The number of hydrogen-bond acceptors (Lipinski definition) is 3. The molecule has 2 N–H and O–H groups in total. The van der Waals surface area contributed by atoms with E-state index in [0.717, 1.165) is 12.2 Å². The van der Waals surface area contributed by atoms with Crippen LogP contribution in [0.4, 0.5) is 11.4 Å². The normalized spacial score (nSPS) is 14.6. The number of nitrogens with zero attached hydrogens (tertiary/aromatic N) is 1. The second-order valence-corrected chi connectivity index (χ2v) is 6.11. The molecule has 0 aromatic heterocycles. The first-order chi connectivity index (χ1) is 8.81. The van der Waals surface area contributed by atoms with Crippen molar-refractivity contribution in [3.8, 4) is 0 Å². The molecule has 1 heterocycles. The van der Waals surface area contributed by atoms with Crippen LogP contribution in [0.1, 0.15) is 39.0 Å². The van der Waals surface area contributed by atoms with Gasteiger partial charge in [0.05, 0.1) is 5.69 Å². The van der Waals surface area contributed by atoms with Gasteiger partial charge in [-0.3, -0.25) is 0 Å². The third kappa shape index (κ3) is 3.58. The molecule has 0 bridgehead atoms. The first-order valence-corrected chi connectivity index (χ1v) is 8.07. The summed E-state index contributed by atoms with van der Waals surface area (Å²) in [4.78, 5) is 3.90. The first-order valence-electron chi connectivity index (χ1n) is 7.08. The van der Waals surface area contributed by atoms with E-state index in [2.05, 4.69) is 24.0 Å². The van der Waals surface area contributed by atoms with Crippen LogP contribution >= 0.6 is 11.8 Å². The van der Waals surface area contributed by atoms with Crippen LogP contribution in [0.25, 0.3) is 0 Å². The molecule has 0 saturated carbocycles. The Morgan fingerprint density at radius 2 is 2.06 bits per heavy atom. The average molecular weight is 264 g/mol. The highest BCUT2D eigenvalue weighted by molar-refractivity contribution is 7.99. The molecule has 0 aliphatic carbocycles. The van der Waals surface area contributed by atoms with Gasteiger partial charge in [-0.25, -0.2) is 0 Å². The van der Waals surface area contributed by atoms with Crippen molar-refractivity contribution in [1.82, 2.24) is 0 Å². The van der Waals surface area contributed by atoms with Crippen molar-refractivity contribution in [1.29, 1.82) is 0 Å². The molecule has 0 atom stereocenters. The number of nitrogen functional groups attached to an aromatic ring is 1. The van der Waals surface area contributed by atoms with E-state index >= 15 is 0 Å². The predicted molar refractivity (Wildman–Crippen MR) is 82.6 cm³/mol. The summed E-state index contributed by atoms with van der Waals surface area (Å²) in [6.45, 7) is 4.61. The lowest BCUT2D eigenvalue weighted by Gasteiger charge is -2.31. The van der Waals surface area contributed by atoms with Crippen molar-refractivity contribution < 1.29 is 0 Å². The Balaban J connectivity index is 1.89. The highest BCUT2D eigenvalue weighted by Gasteiger charge is 2.16. The quantitative estimate of drug-likeness (QED) is 0.618. The highest BCUT2D eigenvalue weighted by atomic mass is 32.2. The predicted octanol–water partition coefficient (Wildman–Crippen LogP) is 4.15. The summed E-state index contributed by atoms with van der Waals surface area (Å²) in [7, 11) is 0. The number of anilines is 2. The zero-order valence-electron chi connectivity index (χ0n) is 11.3. The van der Waals surface area contributed by atoms with Crippen LogP contribution in [0, 0.1) is 0 Å². The maximum Gasteiger partial charge on any atom is 0.0525 e. The molecule has 1 aromatic rings. The maximum absolute atomic E-state index is 5.90. The van der Waals surface area contributed by atoms with Crippen LogP contribution in [0.5, 0.6) is 0 Å². The zero-order chi connectivity index (χ0) is 12.8. The van der Waals surface area contributed by atoms with Gasteiger partial charge in [-0.2, -0.15) is 0 Å². The lowest BCUT2D eigenvalue weighted by Crippen LogP contribution is -2.30. The molecule has 18 heavy (non-hydrogen) atoms. The van der Waals surface area contributed by atoms with Gasteiger partial charge in [0.25, 0.3) is 0 Å². The molecule has 0 radical (unpaired) electrons. The third-order valence-electron chi connectivity index (χ3n) is 3.47. The molecule has 1 aliphatic heterocycles. The summed E-state index contributed by atoms with van der Waals surface area (Å²) in [6.07, 6.45) is 6.73. The standard InChI is InChI=1S/C15H24N2S/c1-2-3-4-5-6-9-17-10-11-18-15-8-7-13(16)12-14(15)17/h7-8,12H,2-6,9-11,16H2,1H3. The van der Waals surface area contributed by atoms with E-state index in [9.17, 15) is 0 Å². The van der Waals surface area contributed by atoms with Crippen molar-refractivity contribution in [3.63, 3.8) is 0 Å². The first kappa shape index (κ1) is 13.6. The van der Waals surface area contributed by atoms with Crippen molar-refractivity contribution >= 4 is 23.1 Å². The van der Waals surface area contributed by atoms with Gasteiger partial charge in [0.2, 0.25) is 0 Å². The molecule has 100 valence electrons. The Morgan fingerprint density at radius 3 is 2.89 bits per heavy atom. The van der Waals surface area contributed by atoms with E-state index < -0.39 is 0 Å². The van der Waals surface area contributed by atoms with Crippen LogP contribution in [0.2, 0.25) is 0 Å². The lowest BCUT2D eigenvalue weighted by atomic mass is 10.1. The fraction of sp³-hybridized carbons (Fsp3) is 0.600. The Morgan fingerprint density at radius 1 is 1.22 bits per heavy atom. The number of benzene rings is 1. The molecule has 0 spiro atoms. The van der Waals surface area contributed by atoms with Gasteiger partial charge in [-0.15, -0.1) is 11.8 Å². The minimum absolute atomic E-state index is 0.882. The number of rotatable bonds is 6.